The number of esters is 1. The number of ether oxygens (including phenoxy) is 1. The molecule has 6 heteroatoms. The monoisotopic (exact) mass is 1140 g/mol. The van der Waals surface area contributed by atoms with Gasteiger partial charge >= 0.3 is 5.97 Å². The molecule has 0 heterocycles. The van der Waals surface area contributed by atoms with E-state index in [-0.39, 0.29) is 18.5 Å². The fraction of sp³-hybridized carbons (Fsp3) is 0.973. The molecular weight excluding hydrogens is 995 g/mol. The van der Waals surface area contributed by atoms with Gasteiger partial charge in [-0.1, -0.05) is 406 Å². The van der Waals surface area contributed by atoms with Gasteiger partial charge in [-0.05, 0) is 25.7 Å². The first-order chi connectivity index (χ1) is 40.0. The molecule has 0 saturated carbocycles. The van der Waals surface area contributed by atoms with Crippen LogP contribution in [0, 0.1) is 0 Å². The minimum atomic E-state index is -0.663. The lowest BCUT2D eigenvalue weighted by Gasteiger charge is -2.22. The maximum Gasteiger partial charge on any atom is 0.305 e. The second-order valence-corrected chi connectivity index (χ2v) is 26.4. The average Bonchev–Trinajstić information content (AvgIpc) is 3.47. The van der Waals surface area contributed by atoms with E-state index in [9.17, 15) is 19.8 Å². The zero-order valence-corrected chi connectivity index (χ0v) is 55.6. The first-order valence-electron chi connectivity index (χ1n) is 37.8. The van der Waals surface area contributed by atoms with Crippen LogP contribution in [0.15, 0.2) is 0 Å². The van der Waals surface area contributed by atoms with Crippen LogP contribution in [-0.4, -0.2) is 47.4 Å². The molecular formula is C75H149NO5. The van der Waals surface area contributed by atoms with E-state index in [2.05, 4.69) is 19.2 Å². The largest absolute Gasteiger partial charge is 0.466 e. The molecule has 0 radical (unpaired) electrons. The second-order valence-electron chi connectivity index (χ2n) is 26.4. The summed E-state index contributed by atoms with van der Waals surface area (Å²) < 4.78 is 5.51. The number of nitrogens with one attached hydrogen (secondary N) is 1. The summed E-state index contributed by atoms with van der Waals surface area (Å²) in [5, 5.41) is 23.5. The van der Waals surface area contributed by atoms with Crippen LogP contribution in [-0.2, 0) is 14.3 Å². The maximum atomic E-state index is 12.6. The Morgan fingerprint density at radius 3 is 0.753 bits per heavy atom. The highest BCUT2D eigenvalue weighted by atomic mass is 16.5. The Labute approximate surface area is 508 Å². The van der Waals surface area contributed by atoms with Crippen molar-refractivity contribution in [2.75, 3.05) is 13.2 Å². The van der Waals surface area contributed by atoms with E-state index in [0.717, 1.165) is 38.5 Å². The van der Waals surface area contributed by atoms with Crippen LogP contribution >= 0.6 is 0 Å². The normalized spacial score (nSPS) is 12.4. The van der Waals surface area contributed by atoms with Gasteiger partial charge < -0.3 is 20.3 Å². The Balaban J connectivity index is 3.34. The molecule has 0 aromatic rings. The van der Waals surface area contributed by atoms with Crippen LogP contribution in [0.25, 0.3) is 0 Å². The lowest BCUT2D eigenvalue weighted by Crippen LogP contribution is -2.45. The van der Waals surface area contributed by atoms with Crippen LogP contribution < -0.4 is 5.32 Å². The van der Waals surface area contributed by atoms with Gasteiger partial charge in [-0.25, -0.2) is 0 Å². The molecule has 0 aliphatic heterocycles. The third-order valence-corrected chi connectivity index (χ3v) is 18.2. The fourth-order valence-corrected chi connectivity index (χ4v) is 12.4. The molecule has 0 aromatic carbocycles. The molecule has 6 nitrogen and oxygen atoms in total. The Kier molecular flexibility index (Phi) is 70.3. The zero-order chi connectivity index (χ0) is 58.5. The van der Waals surface area contributed by atoms with Crippen LogP contribution in [0.2, 0.25) is 0 Å². The number of hydrogen-bond donors (Lipinski definition) is 3. The maximum absolute atomic E-state index is 12.6. The highest BCUT2D eigenvalue weighted by Gasteiger charge is 2.20. The fourth-order valence-electron chi connectivity index (χ4n) is 12.4. The number of carbonyl (C=O) groups excluding carboxylic acids is 2. The van der Waals surface area contributed by atoms with Gasteiger partial charge in [0.1, 0.15) is 0 Å². The lowest BCUT2D eigenvalue weighted by molar-refractivity contribution is -0.143. The molecule has 0 aliphatic carbocycles. The van der Waals surface area contributed by atoms with Gasteiger partial charge in [-0.15, -0.1) is 0 Å². The number of aliphatic hydroxyl groups excluding tert-OH is 2. The zero-order valence-electron chi connectivity index (χ0n) is 55.6. The van der Waals surface area contributed by atoms with Gasteiger partial charge in [0.25, 0.3) is 0 Å². The molecule has 484 valence electrons. The summed E-state index contributed by atoms with van der Waals surface area (Å²) >= 11 is 0. The van der Waals surface area contributed by atoms with E-state index in [1.54, 1.807) is 0 Å². The summed E-state index contributed by atoms with van der Waals surface area (Å²) in [5.41, 5.74) is 0. The van der Waals surface area contributed by atoms with Gasteiger partial charge in [0.05, 0.1) is 25.4 Å². The Bertz CT molecular complexity index is 1180. The summed E-state index contributed by atoms with van der Waals surface area (Å²) in [6, 6.07) is -0.540. The van der Waals surface area contributed by atoms with Crippen molar-refractivity contribution in [2.24, 2.45) is 0 Å². The van der Waals surface area contributed by atoms with Crippen LogP contribution in [0.5, 0.6) is 0 Å². The van der Waals surface area contributed by atoms with Crippen molar-refractivity contribution in [3.8, 4) is 0 Å². The number of aliphatic hydroxyl groups is 2. The summed E-state index contributed by atoms with van der Waals surface area (Å²) in [6.07, 6.45) is 87.4. The summed E-state index contributed by atoms with van der Waals surface area (Å²) in [4.78, 5) is 24.7. The minimum Gasteiger partial charge on any atom is -0.466 e. The average molecular weight is 1150 g/mol. The molecule has 1 amide bonds. The first-order valence-corrected chi connectivity index (χ1v) is 37.8. The smallest absolute Gasteiger partial charge is 0.305 e. The third-order valence-electron chi connectivity index (χ3n) is 18.2. The summed E-state index contributed by atoms with van der Waals surface area (Å²) in [5.74, 6) is -0.00543. The topological polar surface area (TPSA) is 95.9 Å². The van der Waals surface area contributed by atoms with E-state index in [4.69, 9.17) is 4.74 Å². The van der Waals surface area contributed by atoms with Crippen molar-refractivity contribution in [3.05, 3.63) is 0 Å². The molecule has 0 aliphatic rings. The quantitative estimate of drug-likeness (QED) is 0.0417. The Morgan fingerprint density at radius 2 is 0.506 bits per heavy atom. The highest BCUT2D eigenvalue weighted by molar-refractivity contribution is 5.76. The van der Waals surface area contributed by atoms with Crippen molar-refractivity contribution in [2.45, 2.75) is 456 Å². The molecule has 0 saturated heterocycles. The number of unbranched alkanes of at least 4 members (excludes halogenated alkanes) is 61. The van der Waals surface area contributed by atoms with Crippen molar-refractivity contribution >= 4 is 11.9 Å². The minimum absolute atomic E-state index is 0.0216. The van der Waals surface area contributed by atoms with Gasteiger partial charge in [-0.3, -0.25) is 9.59 Å². The van der Waals surface area contributed by atoms with Crippen molar-refractivity contribution < 1.29 is 24.5 Å². The molecule has 0 spiro atoms. The van der Waals surface area contributed by atoms with Crippen molar-refractivity contribution in [3.63, 3.8) is 0 Å². The molecule has 0 rings (SSSR count). The van der Waals surface area contributed by atoms with E-state index in [1.165, 1.54) is 372 Å². The molecule has 2 unspecified atom stereocenters. The van der Waals surface area contributed by atoms with Crippen LogP contribution in [0.1, 0.15) is 444 Å². The van der Waals surface area contributed by atoms with Gasteiger partial charge in [-0.2, -0.15) is 0 Å². The SMILES string of the molecule is CCCCCCCCCCCCCCCCCCCCCCCCCC(O)C(CO)NC(=O)CCCCCCCCCCCCCCCCCCCCCCCCCCCOC(=O)CCCCCCCCCCCCCCCCCC. The Hall–Kier alpha value is -1.14. The van der Waals surface area contributed by atoms with Crippen molar-refractivity contribution in [1.29, 1.82) is 0 Å². The number of rotatable bonds is 72. The molecule has 0 bridgehead atoms. The van der Waals surface area contributed by atoms with Gasteiger partial charge in [0, 0.05) is 12.8 Å². The summed E-state index contributed by atoms with van der Waals surface area (Å²) in [7, 11) is 0. The molecule has 0 fully saturated rings. The van der Waals surface area contributed by atoms with Crippen LogP contribution in [0.4, 0.5) is 0 Å². The molecule has 2 atom stereocenters. The second kappa shape index (κ2) is 71.3. The van der Waals surface area contributed by atoms with E-state index < -0.39 is 12.1 Å². The third kappa shape index (κ3) is 67.9. The van der Waals surface area contributed by atoms with E-state index in [0.29, 0.717) is 25.9 Å². The highest BCUT2D eigenvalue weighted by Crippen LogP contribution is 2.20. The standard InChI is InChI=1S/C75H149NO5/c1-3-5-7-9-11-13-15-17-19-21-22-23-27-30-33-36-39-43-47-51-55-59-63-67-73(78)72(71-77)76-74(79)68-64-60-56-52-48-44-40-37-34-31-28-25-24-26-29-32-35-38-42-46-50-54-58-62-66-70-81-75(80)69-65-61-57-53-49-45-41-20-18-16-14-12-10-8-6-4-2/h72-73,77-78H,3-71H2,1-2H3,(H,76,79). The first kappa shape index (κ1) is 79.9. The predicted octanol–water partition coefficient (Wildman–Crippen LogP) is 24.5. The summed E-state index contributed by atoms with van der Waals surface area (Å²) in [6.45, 7) is 5.02. The molecule has 3 N–H and O–H groups in total. The van der Waals surface area contributed by atoms with Gasteiger partial charge in [0.15, 0.2) is 0 Å². The lowest BCUT2D eigenvalue weighted by atomic mass is 10.0. The molecule has 0 aromatic heterocycles. The molecule has 81 heavy (non-hydrogen) atoms. The van der Waals surface area contributed by atoms with Crippen molar-refractivity contribution in [1.82, 2.24) is 5.32 Å². The Morgan fingerprint density at radius 1 is 0.296 bits per heavy atom. The van der Waals surface area contributed by atoms with Gasteiger partial charge in [0.2, 0.25) is 5.91 Å². The number of hydrogen-bond acceptors (Lipinski definition) is 5. The predicted molar refractivity (Wildman–Crippen MR) is 357 cm³/mol. The number of amides is 1. The van der Waals surface area contributed by atoms with E-state index >= 15 is 0 Å². The van der Waals surface area contributed by atoms with E-state index in [1.807, 2.05) is 0 Å². The van der Waals surface area contributed by atoms with Crippen LogP contribution in [0.3, 0.4) is 0 Å². The number of carbonyl (C=O) groups is 2.